The first kappa shape index (κ1) is 9.33. The molecule has 0 aliphatic heterocycles. The van der Waals surface area contributed by atoms with Gasteiger partial charge in [-0.15, -0.1) is 11.3 Å². The van der Waals surface area contributed by atoms with Gasteiger partial charge in [-0.05, 0) is 12.1 Å². The molecule has 0 atom stereocenters. The quantitative estimate of drug-likeness (QED) is 0.718. The van der Waals surface area contributed by atoms with Crippen molar-refractivity contribution in [3.05, 3.63) is 29.1 Å². The Morgan fingerprint density at radius 2 is 1.93 bits per heavy atom. The van der Waals surface area contributed by atoms with E-state index in [1.165, 1.54) is 17.4 Å². The zero-order valence-corrected chi connectivity index (χ0v) is 7.75. The van der Waals surface area contributed by atoms with Crippen LogP contribution in [0.2, 0.25) is 0 Å². The molecule has 2 N–H and O–H groups in total. The van der Waals surface area contributed by atoms with Gasteiger partial charge in [-0.2, -0.15) is 13.2 Å². The van der Waals surface area contributed by atoms with Crippen molar-refractivity contribution in [2.75, 3.05) is 5.73 Å². The summed E-state index contributed by atoms with van der Waals surface area (Å²) in [5, 5.41) is 2.33. The smallest absolute Gasteiger partial charge is 0.398 e. The third kappa shape index (κ3) is 1.43. The predicted molar refractivity (Wildman–Crippen MR) is 51.2 cm³/mol. The number of hydrogen-bond donors (Lipinski definition) is 1. The number of alkyl halides is 3. The Balaban J connectivity index is 2.63. The van der Waals surface area contributed by atoms with Crippen molar-refractivity contribution in [2.45, 2.75) is 6.18 Å². The number of thiophene rings is 1. The average Bonchev–Trinajstić information content (AvgIpc) is 2.46. The first-order valence-electron chi connectivity index (χ1n) is 3.82. The molecule has 1 nitrogen and oxygen atoms in total. The van der Waals surface area contributed by atoms with Crippen LogP contribution < -0.4 is 5.73 Å². The van der Waals surface area contributed by atoms with Crippen LogP contribution in [0.4, 0.5) is 18.9 Å². The van der Waals surface area contributed by atoms with E-state index >= 15 is 0 Å². The summed E-state index contributed by atoms with van der Waals surface area (Å²) in [5.41, 5.74) is 5.46. The molecule has 0 aliphatic carbocycles. The highest BCUT2D eigenvalue weighted by molar-refractivity contribution is 7.17. The van der Waals surface area contributed by atoms with E-state index < -0.39 is 11.7 Å². The first-order valence-corrected chi connectivity index (χ1v) is 4.70. The van der Waals surface area contributed by atoms with Gasteiger partial charge in [-0.1, -0.05) is 6.07 Å². The molecular formula is C9H6F3NS. The van der Waals surface area contributed by atoms with Crippen LogP contribution in [0.5, 0.6) is 0 Å². The zero-order valence-electron chi connectivity index (χ0n) is 6.93. The van der Waals surface area contributed by atoms with Gasteiger partial charge in [0, 0.05) is 15.5 Å². The van der Waals surface area contributed by atoms with Crippen molar-refractivity contribution in [2.24, 2.45) is 0 Å². The monoisotopic (exact) mass is 217 g/mol. The fraction of sp³-hybridized carbons (Fsp3) is 0.111. The van der Waals surface area contributed by atoms with Crippen molar-refractivity contribution < 1.29 is 13.2 Å². The number of benzene rings is 1. The molecule has 1 aromatic heterocycles. The first-order chi connectivity index (χ1) is 6.48. The summed E-state index contributed by atoms with van der Waals surface area (Å²) < 4.78 is 37.5. The molecule has 0 fully saturated rings. The van der Waals surface area contributed by atoms with Crippen molar-refractivity contribution in [1.82, 2.24) is 0 Å². The van der Waals surface area contributed by atoms with Crippen molar-refractivity contribution in [3.8, 4) is 0 Å². The minimum absolute atomic E-state index is 0.527. The molecule has 1 aromatic carbocycles. The predicted octanol–water partition coefficient (Wildman–Crippen LogP) is 3.50. The molecule has 2 rings (SSSR count). The average molecular weight is 217 g/mol. The highest BCUT2D eigenvalue weighted by Crippen LogP contribution is 2.35. The van der Waals surface area contributed by atoms with Gasteiger partial charge in [-0.25, -0.2) is 0 Å². The van der Waals surface area contributed by atoms with E-state index in [0.29, 0.717) is 15.8 Å². The molecule has 0 saturated heterocycles. The number of fused-ring (bicyclic) bond motifs is 1. The molecule has 0 amide bonds. The second-order valence-electron chi connectivity index (χ2n) is 2.90. The Labute approximate surface area is 82.0 Å². The minimum atomic E-state index is -4.28. The Hall–Kier alpha value is -1.23. The zero-order chi connectivity index (χ0) is 10.3. The van der Waals surface area contributed by atoms with E-state index in [-0.39, 0.29) is 0 Å². The maximum absolute atomic E-state index is 12.3. The molecule has 0 spiro atoms. The summed E-state index contributed by atoms with van der Waals surface area (Å²) >= 11 is 1.22. The number of nitrogen functional groups attached to an aromatic ring is 1. The minimum Gasteiger partial charge on any atom is -0.398 e. The largest absolute Gasteiger partial charge is 0.416 e. The van der Waals surface area contributed by atoms with Crippen molar-refractivity contribution >= 4 is 27.1 Å². The van der Waals surface area contributed by atoms with Crippen LogP contribution in [0.15, 0.2) is 23.6 Å². The van der Waals surface area contributed by atoms with Crippen LogP contribution in [0.1, 0.15) is 5.56 Å². The van der Waals surface area contributed by atoms with Gasteiger partial charge in [0.05, 0.1) is 11.3 Å². The summed E-state index contributed by atoms with van der Waals surface area (Å²) in [6.07, 6.45) is -4.28. The van der Waals surface area contributed by atoms with E-state index in [4.69, 9.17) is 5.73 Å². The highest BCUT2D eigenvalue weighted by atomic mass is 32.1. The topological polar surface area (TPSA) is 26.0 Å². The van der Waals surface area contributed by atoms with E-state index in [9.17, 15) is 13.2 Å². The number of anilines is 1. The van der Waals surface area contributed by atoms with Gasteiger partial charge in [0.15, 0.2) is 0 Å². The molecule has 0 unspecified atom stereocenters. The molecule has 0 bridgehead atoms. The van der Waals surface area contributed by atoms with E-state index in [0.717, 1.165) is 12.1 Å². The third-order valence-corrected chi connectivity index (χ3v) is 2.90. The molecule has 2 aromatic rings. The summed E-state index contributed by atoms with van der Waals surface area (Å²) in [5.74, 6) is 0. The van der Waals surface area contributed by atoms with Crippen LogP contribution >= 0.6 is 11.3 Å². The summed E-state index contributed by atoms with van der Waals surface area (Å²) in [6.45, 7) is 0. The molecule has 0 aliphatic rings. The lowest BCUT2D eigenvalue weighted by Crippen LogP contribution is -2.03. The fourth-order valence-electron chi connectivity index (χ4n) is 1.23. The molecule has 14 heavy (non-hydrogen) atoms. The van der Waals surface area contributed by atoms with Crippen LogP contribution in [-0.2, 0) is 6.18 Å². The molecular weight excluding hydrogens is 211 g/mol. The Bertz CT molecular complexity index is 472. The number of hydrogen-bond acceptors (Lipinski definition) is 2. The Morgan fingerprint density at radius 1 is 1.21 bits per heavy atom. The number of halogens is 3. The molecule has 0 radical (unpaired) electrons. The van der Waals surface area contributed by atoms with Gasteiger partial charge in [0.25, 0.3) is 0 Å². The normalized spacial score (nSPS) is 12.2. The Morgan fingerprint density at radius 3 is 2.57 bits per heavy atom. The van der Waals surface area contributed by atoms with Gasteiger partial charge in [0.2, 0.25) is 0 Å². The SMILES string of the molecule is Nc1csc2cc(C(F)(F)F)ccc12. The molecule has 74 valence electrons. The van der Waals surface area contributed by atoms with Gasteiger partial charge in [0.1, 0.15) is 0 Å². The lowest BCUT2D eigenvalue weighted by Gasteiger charge is -2.05. The Kier molecular flexibility index (Phi) is 1.92. The van der Waals surface area contributed by atoms with E-state index in [1.54, 1.807) is 5.38 Å². The van der Waals surface area contributed by atoms with Crippen LogP contribution in [-0.4, -0.2) is 0 Å². The van der Waals surface area contributed by atoms with Crippen molar-refractivity contribution in [3.63, 3.8) is 0 Å². The molecule has 5 heteroatoms. The second-order valence-corrected chi connectivity index (χ2v) is 3.81. The van der Waals surface area contributed by atoms with Gasteiger partial charge in [-0.3, -0.25) is 0 Å². The van der Waals surface area contributed by atoms with Gasteiger partial charge >= 0.3 is 6.18 Å². The van der Waals surface area contributed by atoms with E-state index in [1.807, 2.05) is 0 Å². The number of rotatable bonds is 0. The van der Waals surface area contributed by atoms with Crippen LogP contribution in [0, 0.1) is 0 Å². The standard InChI is InChI=1S/C9H6F3NS/c10-9(11,12)5-1-2-6-7(13)4-14-8(6)3-5/h1-4H,13H2. The molecule has 0 saturated carbocycles. The highest BCUT2D eigenvalue weighted by Gasteiger charge is 2.30. The van der Waals surface area contributed by atoms with E-state index in [2.05, 4.69) is 0 Å². The van der Waals surface area contributed by atoms with Crippen molar-refractivity contribution in [1.29, 1.82) is 0 Å². The number of nitrogens with two attached hydrogens (primary N) is 1. The lowest BCUT2D eigenvalue weighted by atomic mass is 10.1. The lowest BCUT2D eigenvalue weighted by molar-refractivity contribution is -0.137. The van der Waals surface area contributed by atoms with Crippen LogP contribution in [0.25, 0.3) is 10.1 Å². The fourth-order valence-corrected chi connectivity index (χ4v) is 2.11. The van der Waals surface area contributed by atoms with Gasteiger partial charge < -0.3 is 5.73 Å². The summed E-state index contributed by atoms with van der Waals surface area (Å²) in [6, 6.07) is 3.58. The maximum Gasteiger partial charge on any atom is 0.416 e. The summed E-state index contributed by atoms with van der Waals surface area (Å²) in [4.78, 5) is 0. The second kappa shape index (κ2) is 2.88. The van der Waals surface area contributed by atoms with Crippen LogP contribution in [0.3, 0.4) is 0 Å². The molecule has 1 heterocycles. The third-order valence-electron chi connectivity index (χ3n) is 1.93. The summed E-state index contributed by atoms with van der Waals surface area (Å²) in [7, 11) is 0. The maximum atomic E-state index is 12.3.